The second-order valence-corrected chi connectivity index (χ2v) is 5.97. The number of carboxylic acid groups (broad SMARTS) is 2. The largest absolute Gasteiger partial charge is 0.484 e. The molecule has 0 aliphatic carbocycles. The molecular formula is C20H18F3NO5. The van der Waals surface area contributed by atoms with Crippen LogP contribution in [0.25, 0.3) is 0 Å². The van der Waals surface area contributed by atoms with E-state index in [4.69, 9.17) is 14.9 Å². The van der Waals surface area contributed by atoms with Crippen molar-refractivity contribution in [3.05, 3.63) is 77.4 Å². The van der Waals surface area contributed by atoms with Gasteiger partial charge in [0.1, 0.15) is 11.9 Å². The lowest BCUT2D eigenvalue weighted by molar-refractivity contribution is -0.137. The lowest BCUT2D eigenvalue weighted by Gasteiger charge is -2.27. The Balaban J connectivity index is 0.000000321. The molecule has 2 aromatic carbocycles. The van der Waals surface area contributed by atoms with Crippen molar-refractivity contribution in [2.75, 3.05) is 6.54 Å². The van der Waals surface area contributed by atoms with Crippen LogP contribution < -0.4 is 10.1 Å². The number of alkyl halides is 3. The summed E-state index contributed by atoms with van der Waals surface area (Å²) in [6, 6.07) is 12.8. The first-order valence-corrected chi connectivity index (χ1v) is 8.43. The molecular weight excluding hydrogens is 391 g/mol. The van der Waals surface area contributed by atoms with Gasteiger partial charge >= 0.3 is 18.1 Å². The second-order valence-electron chi connectivity index (χ2n) is 5.97. The molecule has 154 valence electrons. The Bertz CT molecular complexity index is 880. The van der Waals surface area contributed by atoms with E-state index >= 15 is 0 Å². The molecule has 2 aromatic rings. The zero-order valence-corrected chi connectivity index (χ0v) is 15.0. The molecule has 1 atom stereocenters. The standard InChI is InChI=1S/C16H14F3NO.C4H4O4/c17-16(18,19)12-5-3-6-13(8-12)21-15-10-20-9-11-4-1-2-7-14(11)15;5-3(6)1-2-4(7)8/h1-8,15,20H,9-10H2;1-2H,(H,5,6)(H,7,8). The number of carboxylic acids is 2. The number of hydrogen-bond acceptors (Lipinski definition) is 4. The molecule has 1 aliphatic heterocycles. The molecule has 3 rings (SSSR count). The number of benzene rings is 2. The minimum absolute atomic E-state index is 0.230. The molecule has 0 saturated heterocycles. The van der Waals surface area contributed by atoms with Gasteiger partial charge in [-0.25, -0.2) is 9.59 Å². The summed E-state index contributed by atoms with van der Waals surface area (Å²) in [7, 11) is 0. The smallest absolute Gasteiger partial charge is 0.416 e. The zero-order chi connectivity index (χ0) is 21.4. The molecule has 0 amide bonds. The van der Waals surface area contributed by atoms with Crippen molar-refractivity contribution in [1.29, 1.82) is 0 Å². The van der Waals surface area contributed by atoms with Gasteiger partial charge in [0.2, 0.25) is 0 Å². The Morgan fingerprint density at radius 3 is 2.31 bits per heavy atom. The maximum absolute atomic E-state index is 12.7. The Morgan fingerprint density at radius 2 is 1.69 bits per heavy atom. The van der Waals surface area contributed by atoms with Gasteiger partial charge in [-0.1, -0.05) is 30.3 Å². The second kappa shape index (κ2) is 9.74. The molecule has 0 saturated carbocycles. The topological polar surface area (TPSA) is 95.9 Å². The number of hydrogen-bond donors (Lipinski definition) is 3. The normalized spacial score (nSPS) is 15.8. The minimum Gasteiger partial charge on any atom is -0.484 e. The summed E-state index contributed by atoms with van der Waals surface area (Å²) < 4.78 is 43.9. The summed E-state index contributed by atoms with van der Waals surface area (Å²) in [6.07, 6.45) is -3.52. The molecule has 3 N–H and O–H groups in total. The molecule has 0 aromatic heterocycles. The summed E-state index contributed by atoms with van der Waals surface area (Å²) in [5.74, 6) is -2.28. The number of fused-ring (bicyclic) bond motifs is 1. The van der Waals surface area contributed by atoms with Crippen LogP contribution in [-0.4, -0.2) is 28.7 Å². The van der Waals surface area contributed by atoms with E-state index in [1.165, 1.54) is 6.07 Å². The molecule has 0 spiro atoms. The molecule has 29 heavy (non-hydrogen) atoms. The molecule has 1 unspecified atom stereocenters. The highest BCUT2D eigenvalue weighted by molar-refractivity contribution is 5.89. The Morgan fingerprint density at radius 1 is 1.03 bits per heavy atom. The summed E-state index contributed by atoms with van der Waals surface area (Å²) in [4.78, 5) is 19.1. The van der Waals surface area contributed by atoms with Crippen molar-refractivity contribution in [2.45, 2.75) is 18.8 Å². The lowest BCUT2D eigenvalue weighted by Crippen LogP contribution is -2.31. The zero-order valence-electron chi connectivity index (χ0n) is 15.0. The third kappa shape index (κ3) is 6.96. The number of aliphatic carboxylic acids is 2. The van der Waals surface area contributed by atoms with Crippen molar-refractivity contribution >= 4 is 11.9 Å². The summed E-state index contributed by atoms with van der Waals surface area (Å²) in [5.41, 5.74) is 1.44. The van der Waals surface area contributed by atoms with E-state index in [1.54, 1.807) is 6.07 Å². The summed E-state index contributed by atoms with van der Waals surface area (Å²) in [5, 5.41) is 18.8. The van der Waals surface area contributed by atoms with Crippen LogP contribution in [0.1, 0.15) is 22.8 Å². The Hall–Kier alpha value is -3.33. The predicted octanol–water partition coefficient (Wildman–Crippen LogP) is 3.64. The third-order valence-electron chi connectivity index (χ3n) is 3.86. The molecule has 1 aliphatic rings. The van der Waals surface area contributed by atoms with Gasteiger partial charge in [-0.15, -0.1) is 0 Å². The highest BCUT2D eigenvalue weighted by Crippen LogP contribution is 2.33. The van der Waals surface area contributed by atoms with Crippen LogP contribution in [0.2, 0.25) is 0 Å². The van der Waals surface area contributed by atoms with Gasteiger partial charge in [0.05, 0.1) is 5.56 Å². The van der Waals surface area contributed by atoms with E-state index in [1.807, 2.05) is 24.3 Å². The first-order chi connectivity index (χ1) is 13.7. The van der Waals surface area contributed by atoms with Gasteiger partial charge in [-0.2, -0.15) is 13.2 Å². The first kappa shape index (κ1) is 22.0. The Labute approximate surface area is 164 Å². The number of rotatable bonds is 4. The van der Waals surface area contributed by atoms with E-state index in [9.17, 15) is 22.8 Å². The van der Waals surface area contributed by atoms with Crippen LogP contribution in [0.5, 0.6) is 5.75 Å². The maximum atomic E-state index is 12.7. The monoisotopic (exact) mass is 409 g/mol. The molecule has 9 heteroatoms. The van der Waals surface area contributed by atoms with E-state index in [-0.39, 0.29) is 11.9 Å². The van der Waals surface area contributed by atoms with E-state index in [2.05, 4.69) is 5.32 Å². The highest BCUT2D eigenvalue weighted by atomic mass is 19.4. The van der Waals surface area contributed by atoms with Gasteiger partial charge in [-0.05, 0) is 29.3 Å². The maximum Gasteiger partial charge on any atom is 0.416 e. The number of ether oxygens (including phenoxy) is 1. The van der Waals surface area contributed by atoms with E-state index in [0.717, 1.165) is 29.8 Å². The van der Waals surface area contributed by atoms with Crippen LogP contribution in [0.4, 0.5) is 13.2 Å². The number of carbonyl (C=O) groups is 2. The van der Waals surface area contributed by atoms with E-state index in [0.29, 0.717) is 18.7 Å². The molecule has 6 nitrogen and oxygen atoms in total. The van der Waals surface area contributed by atoms with Crippen LogP contribution in [0, 0.1) is 0 Å². The fourth-order valence-electron chi connectivity index (χ4n) is 2.61. The fourth-order valence-corrected chi connectivity index (χ4v) is 2.61. The predicted molar refractivity (Wildman–Crippen MR) is 97.4 cm³/mol. The minimum atomic E-state index is -4.36. The summed E-state index contributed by atoms with van der Waals surface area (Å²) in [6.45, 7) is 1.33. The van der Waals surface area contributed by atoms with Crippen molar-refractivity contribution in [2.24, 2.45) is 0 Å². The summed E-state index contributed by atoms with van der Waals surface area (Å²) >= 11 is 0. The SMILES string of the molecule is FC(F)(F)c1cccc(OC2CNCc3ccccc32)c1.O=C(O)C=CC(=O)O. The molecule has 0 radical (unpaired) electrons. The fraction of sp³-hybridized carbons (Fsp3) is 0.200. The average Bonchev–Trinajstić information content (AvgIpc) is 2.67. The first-order valence-electron chi connectivity index (χ1n) is 8.43. The van der Waals surface area contributed by atoms with Crippen LogP contribution >= 0.6 is 0 Å². The van der Waals surface area contributed by atoms with Gasteiger partial charge in [0.15, 0.2) is 0 Å². The van der Waals surface area contributed by atoms with Crippen molar-refractivity contribution in [3.63, 3.8) is 0 Å². The van der Waals surface area contributed by atoms with Crippen LogP contribution in [0.15, 0.2) is 60.7 Å². The van der Waals surface area contributed by atoms with Gasteiger partial charge in [0.25, 0.3) is 0 Å². The number of halogens is 3. The third-order valence-corrected chi connectivity index (χ3v) is 3.86. The van der Waals surface area contributed by atoms with Gasteiger partial charge in [-0.3, -0.25) is 0 Å². The molecule has 0 bridgehead atoms. The van der Waals surface area contributed by atoms with Gasteiger partial charge in [0, 0.05) is 25.2 Å². The quantitative estimate of drug-likeness (QED) is 0.668. The van der Waals surface area contributed by atoms with Crippen molar-refractivity contribution in [3.8, 4) is 5.75 Å². The van der Waals surface area contributed by atoms with Crippen molar-refractivity contribution in [1.82, 2.24) is 5.32 Å². The molecule has 0 fully saturated rings. The lowest BCUT2D eigenvalue weighted by atomic mass is 9.99. The van der Waals surface area contributed by atoms with Crippen molar-refractivity contribution < 1.29 is 37.7 Å². The highest BCUT2D eigenvalue weighted by Gasteiger charge is 2.31. The van der Waals surface area contributed by atoms with Crippen LogP contribution in [0.3, 0.4) is 0 Å². The van der Waals surface area contributed by atoms with Crippen LogP contribution in [-0.2, 0) is 22.3 Å². The molecule has 1 heterocycles. The Kier molecular flexibility index (Phi) is 7.38. The van der Waals surface area contributed by atoms with Gasteiger partial charge < -0.3 is 20.3 Å². The average molecular weight is 409 g/mol. The van der Waals surface area contributed by atoms with E-state index < -0.39 is 23.7 Å². The number of nitrogens with one attached hydrogen (secondary N) is 1.